The average Bonchev–Trinajstić information content (AvgIpc) is 2.29. The van der Waals surface area contributed by atoms with Crippen molar-refractivity contribution in [2.75, 3.05) is 0 Å². The number of aromatic nitrogens is 2. The van der Waals surface area contributed by atoms with Crippen LogP contribution in [0, 0.1) is 4.64 Å². The van der Waals surface area contributed by atoms with Crippen molar-refractivity contribution in [3.8, 4) is 11.1 Å². The average molecular weight is 256 g/mol. The predicted octanol–water partition coefficient (Wildman–Crippen LogP) is 3.82. The van der Waals surface area contributed by atoms with E-state index in [-0.39, 0.29) is 0 Å². The van der Waals surface area contributed by atoms with Gasteiger partial charge >= 0.3 is 6.18 Å². The normalized spacial score (nSPS) is 11.5. The largest absolute Gasteiger partial charge is 0.416 e. The number of rotatable bonds is 1. The fourth-order valence-corrected chi connectivity index (χ4v) is 1.61. The molecule has 6 heteroatoms. The Morgan fingerprint density at radius 1 is 1.12 bits per heavy atom. The Kier molecular flexibility index (Phi) is 2.97. The van der Waals surface area contributed by atoms with E-state index in [1.807, 2.05) is 0 Å². The molecule has 0 unspecified atom stereocenters. The predicted molar refractivity (Wildman–Crippen MR) is 59.9 cm³/mol. The van der Waals surface area contributed by atoms with E-state index in [2.05, 4.69) is 9.97 Å². The minimum absolute atomic E-state index is 0.444. The van der Waals surface area contributed by atoms with Crippen LogP contribution >= 0.6 is 12.2 Å². The first-order valence-electron chi connectivity index (χ1n) is 4.69. The highest BCUT2D eigenvalue weighted by Gasteiger charge is 2.29. The number of alkyl halides is 3. The van der Waals surface area contributed by atoms with Gasteiger partial charge in [0.1, 0.15) is 4.64 Å². The van der Waals surface area contributed by atoms with Crippen molar-refractivity contribution >= 4 is 12.2 Å². The highest BCUT2D eigenvalue weighted by molar-refractivity contribution is 7.71. The number of benzene rings is 1. The maximum Gasteiger partial charge on any atom is 0.416 e. The van der Waals surface area contributed by atoms with Gasteiger partial charge in [0.2, 0.25) is 0 Å². The molecule has 0 radical (unpaired) electrons. The van der Waals surface area contributed by atoms with Crippen LogP contribution in [-0.2, 0) is 6.18 Å². The summed E-state index contributed by atoms with van der Waals surface area (Å²) in [7, 11) is 0. The van der Waals surface area contributed by atoms with Crippen LogP contribution in [0.25, 0.3) is 11.1 Å². The topological polar surface area (TPSA) is 28.7 Å². The second kappa shape index (κ2) is 4.29. The Bertz CT molecular complexity index is 572. The van der Waals surface area contributed by atoms with E-state index >= 15 is 0 Å². The van der Waals surface area contributed by atoms with E-state index in [1.165, 1.54) is 24.7 Å². The number of nitrogens with one attached hydrogen (secondary N) is 1. The van der Waals surface area contributed by atoms with Crippen LogP contribution in [0.3, 0.4) is 0 Å². The van der Waals surface area contributed by atoms with Gasteiger partial charge in [-0.1, -0.05) is 24.4 Å². The molecule has 0 saturated carbocycles. The molecule has 0 aliphatic rings. The number of aromatic amines is 1. The number of halogens is 3. The maximum absolute atomic E-state index is 12.4. The van der Waals surface area contributed by atoms with Crippen LogP contribution < -0.4 is 0 Å². The second-order valence-corrected chi connectivity index (χ2v) is 3.78. The lowest BCUT2D eigenvalue weighted by Crippen LogP contribution is -2.04. The second-order valence-electron chi connectivity index (χ2n) is 3.37. The van der Waals surface area contributed by atoms with E-state index in [9.17, 15) is 13.2 Å². The van der Waals surface area contributed by atoms with E-state index in [4.69, 9.17) is 12.2 Å². The Labute approximate surface area is 100 Å². The zero-order chi connectivity index (χ0) is 12.5. The zero-order valence-corrected chi connectivity index (χ0v) is 9.27. The third-order valence-electron chi connectivity index (χ3n) is 2.24. The summed E-state index contributed by atoms with van der Waals surface area (Å²) in [4.78, 5) is 6.57. The van der Waals surface area contributed by atoms with Gasteiger partial charge in [0, 0.05) is 11.8 Å². The molecule has 2 aromatic rings. The van der Waals surface area contributed by atoms with E-state index in [0.717, 1.165) is 12.1 Å². The van der Waals surface area contributed by atoms with Crippen molar-refractivity contribution in [1.82, 2.24) is 9.97 Å². The molecule has 1 aromatic carbocycles. The minimum Gasteiger partial charge on any atom is -0.337 e. The minimum atomic E-state index is -4.32. The molecule has 1 heterocycles. The van der Waals surface area contributed by atoms with Gasteiger partial charge in [0.15, 0.2) is 0 Å². The molecule has 17 heavy (non-hydrogen) atoms. The lowest BCUT2D eigenvalue weighted by molar-refractivity contribution is -0.137. The molecule has 0 bridgehead atoms. The van der Waals surface area contributed by atoms with Crippen LogP contribution in [-0.4, -0.2) is 9.97 Å². The Morgan fingerprint density at radius 2 is 1.76 bits per heavy atom. The number of hydrogen-bond donors (Lipinski definition) is 1. The van der Waals surface area contributed by atoms with Crippen LogP contribution in [0.5, 0.6) is 0 Å². The Hall–Kier alpha value is -1.69. The molecule has 2 nitrogen and oxygen atoms in total. The Morgan fingerprint density at radius 3 is 2.29 bits per heavy atom. The molecule has 0 spiro atoms. The first-order chi connectivity index (χ1) is 7.98. The highest BCUT2D eigenvalue weighted by atomic mass is 32.1. The summed E-state index contributed by atoms with van der Waals surface area (Å²) in [5.41, 5.74) is 0.531. The van der Waals surface area contributed by atoms with Gasteiger partial charge < -0.3 is 4.98 Å². The molecule has 0 saturated heterocycles. The van der Waals surface area contributed by atoms with Crippen LogP contribution in [0.2, 0.25) is 0 Å². The fraction of sp³-hybridized carbons (Fsp3) is 0.0909. The summed E-state index contributed by atoms with van der Waals surface area (Å²) < 4.78 is 37.5. The molecular formula is C11H7F3N2S. The van der Waals surface area contributed by atoms with Gasteiger partial charge in [-0.25, -0.2) is 4.98 Å². The van der Waals surface area contributed by atoms with E-state index in [1.54, 1.807) is 0 Å². The van der Waals surface area contributed by atoms with Crippen molar-refractivity contribution in [2.24, 2.45) is 0 Å². The quantitative estimate of drug-likeness (QED) is 0.786. The van der Waals surface area contributed by atoms with Crippen molar-refractivity contribution in [3.63, 3.8) is 0 Å². The molecule has 0 aliphatic heterocycles. The third kappa shape index (κ3) is 2.52. The van der Waals surface area contributed by atoms with Crippen molar-refractivity contribution in [2.45, 2.75) is 6.18 Å². The van der Waals surface area contributed by atoms with Gasteiger partial charge in [-0.05, 0) is 17.7 Å². The van der Waals surface area contributed by atoms with Crippen LogP contribution in [0.1, 0.15) is 5.56 Å². The highest BCUT2D eigenvalue weighted by Crippen LogP contribution is 2.30. The van der Waals surface area contributed by atoms with Gasteiger partial charge in [-0.15, -0.1) is 0 Å². The SMILES string of the molecule is FC(F)(F)c1ccc(-c2cnc[nH]c2=S)cc1. The molecular weight excluding hydrogens is 249 g/mol. The Balaban J connectivity index is 2.44. The summed E-state index contributed by atoms with van der Waals surface area (Å²) in [6.45, 7) is 0. The molecule has 88 valence electrons. The monoisotopic (exact) mass is 256 g/mol. The van der Waals surface area contributed by atoms with E-state index in [0.29, 0.717) is 15.8 Å². The van der Waals surface area contributed by atoms with Gasteiger partial charge in [0.25, 0.3) is 0 Å². The summed E-state index contributed by atoms with van der Waals surface area (Å²) in [6.07, 6.45) is -1.38. The zero-order valence-electron chi connectivity index (χ0n) is 8.45. The standard InChI is InChI=1S/C11H7F3N2S/c12-11(13,14)8-3-1-7(2-4-8)9-5-15-6-16-10(9)17/h1-6H,(H,15,16,17). The smallest absolute Gasteiger partial charge is 0.337 e. The lowest BCUT2D eigenvalue weighted by atomic mass is 10.1. The lowest BCUT2D eigenvalue weighted by Gasteiger charge is -2.07. The summed E-state index contributed by atoms with van der Waals surface area (Å²) in [5.74, 6) is 0. The number of H-pyrrole nitrogens is 1. The maximum atomic E-state index is 12.4. The first kappa shape index (κ1) is 11.8. The van der Waals surface area contributed by atoms with Crippen LogP contribution in [0.15, 0.2) is 36.8 Å². The summed E-state index contributed by atoms with van der Waals surface area (Å²) >= 11 is 5.02. The summed E-state index contributed by atoms with van der Waals surface area (Å²) in [6, 6.07) is 4.81. The van der Waals surface area contributed by atoms with Gasteiger partial charge in [0.05, 0.1) is 11.9 Å². The molecule has 2 rings (SSSR count). The molecule has 0 amide bonds. The van der Waals surface area contributed by atoms with Gasteiger partial charge in [-0.2, -0.15) is 13.2 Å². The molecule has 0 atom stereocenters. The first-order valence-corrected chi connectivity index (χ1v) is 5.09. The fourth-order valence-electron chi connectivity index (χ4n) is 1.39. The number of hydrogen-bond acceptors (Lipinski definition) is 2. The molecule has 0 fully saturated rings. The van der Waals surface area contributed by atoms with Crippen molar-refractivity contribution < 1.29 is 13.2 Å². The van der Waals surface area contributed by atoms with Crippen LogP contribution in [0.4, 0.5) is 13.2 Å². The number of nitrogens with zero attached hydrogens (tertiary/aromatic N) is 1. The molecule has 1 N–H and O–H groups in total. The molecule has 1 aromatic heterocycles. The van der Waals surface area contributed by atoms with Crippen molar-refractivity contribution in [1.29, 1.82) is 0 Å². The van der Waals surface area contributed by atoms with Crippen molar-refractivity contribution in [3.05, 3.63) is 47.0 Å². The molecule has 0 aliphatic carbocycles. The summed E-state index contributed by atoms with van der Waals surface area (Å²) in [5, 5.41) is 0. The van der Waals surface area contributed by atoms with E-state index < -0.39 is 11.7 Å². The third-order valence-corrected chi connectivity index (χ3v) is 2.58. The van der Waals surface area contributed by atoms with Gasteiger partial charge in [-0.3, -0.25) is 0 Å².